The fourth-order valence-corrected chi connectivity index (χ4v) is 2.06. The third-order valence-electron chi connectivity index (χ3n) is 3.31. The predicted molar refractivity (Wildman–Crippen MR) is 72.2 cm³/mol. The zero-order chi connectivity index (χ0) is 12.9. The SMILES string of the molecule is CC(CN)N1CCN(CCOC(C)(C)C)CC1. The third-order valence-corrected chi connectivity index (χ3v) is 3.31. The van der Waals surface area contributed by atoms with Crippen molar-refractivity contribution in [3.8, 4) is 0 Å². The maximum Gasteiger partial charge on any atom is 0.0600 e. The van der Waals surface area contributed by atoms with E-state index in [0.717, 1.165) is 45.9 Å². The van der Waals surface area contributed by atoms with Crippen molar-refractivity contribution < 1.29 is 4.74 Å². The summed E-state index contributed by atoms with van der Waals surface area (Å²) in [7, 11) is 0. The molecule has 1 unspecified atom stereocenters. The quantitative estimate of drug-likeness (QED) is 0.774. The Balaban J connectivity index is 2.15. The van der Waals surface area contributed by atoms with E-state index in [2.05, 4.69) is 37.5 Å². The number of piperazine rings is 1. The van der Waals surface area contributed by atoms with E-state index in [9.17, 15) is 0 Å². The molecule has 0 amide bonds. The van der Waals surface area contributed by atoms with Crippen LogP contribution < -0.4 is 5.73 Å². The number of rotatable bonds is 5. The Hall–Kier alpha value is -0.160. The Morgan fingerprint density at radius 3 is 2.24 bits per heavy atom. The highest BCUT2D eigenvalue weighted by Crippen LogP contribution is 2.08. The van der Waals surface area contributed by atoms with Crippen molar-refractivity contribution in [3.63, 3.8) is 0 Å². The number of hydrogen-bond acceptors (Lipinski definition) is 4. The largest absolute Gasteiger partial charge is 0.375 e. The molecule has 1 aliphatic rings. The second kappa shape index (κ2) is 6.69. The van der Waals surface area contributed by atoms with Crippen LogP contribution in [0.15, 0.2) is 0 Å². The van der Waals surface area contributed by atoms with Gasteiger partial charge in [-0.2, -0.15) is 0 Å². The second-order valence-corrected chi connectivity index (χ2v) is 5.92. The molecule has 1 aliphatic heterocycles. The number of ether oxygens (including phenoxy) is 1. The van der Waals surface area contributed by atoms with E-state index in [0.29, 0.717) is 6.04 Å². The molecule has 0 spiro atoms. The van der Waals surface area contributed by atoms with Gasteiger partial charge in [-0.25, -0.2) is 0 Å². The molecule has 0 aromatic carbocycles. The monoisotopic (exact) mass is 243 g/mol. The first kappa shape index (κ1) is 14.9. The summed E-state index contributed by atoms with van der Waals surface area (Å²) in [5, 5.41) is 0. The van der Waals surface area contributed by atoms with Gasteiger partial charge >= 0.3 is 0 Å². The molecule has 0 aromatic heterocycles. The first-order valence-corrected chi connectivity index (χ1v) is 6.73. The molecule has 4 heteroatoms. The molecule has 1 atom stereocenters. The Morgan fingerprint density at radius 1 is 1.18 bits per heavy atom. The Morgan fingerprint density at radius 2 is 1.76 bits per heavy atom. The molecule has 4 nitrogen and oxygen atoms in total. The van der Waals surface area contributed by atoms with Crippen LogP contribution in [0.1, 0.15) is 27.7 Å². The van der Waals surface area contributed by atoms with Crippen LogP contribution in [0.4, 0.5) is 0 Å². The smallest absolute Gasteiger partial charge is 0.0600 e. The van der Waals surface area contributed by atoms with Crippen molar-refractivity contribution in [2.24, 2.45) is 5.73 Å². The lowest BCUT2D eigenvalue weighted by Gasteiger charge is -2.37. The maximum absolute atomic E-state index is 5.75. The first-order chi connectivity index (χ1) is 7.92. The molecule has 1 fully saturated rings. The van der Waals surface area contributed by atoms with Crippen molar-refractivity contribution >= 4 is 0 Å². The van der Waals surface area contributed by atoms with Crippen molar-refractivity contribution in [1.29, 1.82) is 0 Å². The van der Waals surface area contributed by atoms with E-state index in [-0.39, 0.29) is 5.60 Å². The van der Waals surface area contributed by atoms with Crippen LogP contribution >= 0.6 is 0 Å². The number of nitrogens with zero attached hydrogens (tertiary/aromatic N) is 2. The summed E-state index contributed by atoms with van der Waals surface area (Å²) in [5.41, 5.74) is 5.67. The fraction of sp³-hybridized carbons (Fsp3) is 1.00. The van der Waals surface area contributed by atoms with Crippen molar-refractivity contribution in [1.82, 2.24) is 9.80 Å². The van der Waals surface area contributed by atoms with Crippen molar-refractivity contribution in [2.75, 3.05) is 45.9 Å². The standard InChI is InChI=1S/C13H29N3O/c1-12(11-14)16-7-5-15(6-8-16)9-10-17-13(2,3)4/h12H,5-11,14H2,1-4H3. The van der Waals surface area contributed by atoms with Crippen molar-refractivity contribution in [3.05, 3.63) is 0 Å². The molecule has 1 saturated heterocycles. The summed E-state index contributed by atoms with van der Waals surface area (Å²) < 4.78 is 5.75. The third kappa shape index (κ3) is 5.82. The van der Waals surface area contributed by atoms with Gasteiger partial charge in [-0.05, 0) is 27.7 Å². The first-order valence-electron chi connectivity index (χ1n) is 6.73. The van der Waals surface area contributed by atoms with Crippen LogP contribution in [-0.4, -0.2) is 67.3 Å². The molecule has 1 rings (SSSR count). The Kier molecular flexibility index (Phi) is 5.86. The lowest BCUT2D eigenvalue weighted by atomic mass is 10.2. The average Bonchev–Trinajstić information content (AvgIpc) is 2.27. The highest BCUT2D eigenvalue weighted by Gasteiger charge is 2.20. The van der Waals surface area contributed by atoms with Gasteiger partial charge in [0.15, 0.2) is 0 Å². The van der Waals surface area contributed by atoms with Crippen LogP contribution in [0.5, 0.6) is 0 Å². The van der Waals surface area contributed by atoms with E-state index in [1.165, 1.54) is 0 Å². The summed E-state index contributed by atoms with van der Waals surface area (Å²) in [5.74, 6) is 0. The fourth-order valence-electron chi connectivity index (χ4n) is 2.06. The summed E-state index contributed by atoms with van der Waals surface area (Å²) in [6, 6.07) is 0.517. The van der Waals surface area contributed by atoms with Gasteiger partial charge in [0, 0.05) is 45.3 Å². The second-order valence-electron chi connectivity index (χ2n) is 5.92. The molecule has 17 heavy (non-hydrogen) atoms. The number of nitrogens with two attached hydrogens (primary N) is 1. The van der Waals surface area contributed by atoms with E-state index in [1.54, 1.807) is 0 Å². The molecule has 0 bridgehead atoms. The van der Waals surface area contributed by atoms with Crippen LogP contribution in [0.25, 0.3) is 0 Å². The van der Waals surface area contributed by atoms with E-state index < -0.39 is 0 Å². The van der Waals surface area contributed by atoms with Crippen LogP contribution in [0, 0.1) is 0 Å². The van der Waals surface area contributed by atoms with Gasteiger partial charge < -0.3 is 10.5 Å². The van der Waals surface area contributed by atoms with Gasteiger partial charge in [0.1, 0.15) is 0 Å². The molecule has 0 aliphatic carbocycles. The molecule has 0 saturated carbocycles. The lowest BCUT2D eigenvalue weighted by molar-refractivity contribution is -0.0190. The van der Waals surface area contributed by atoms with Crippen LogP contribution in [-0.2, 0) is 4.74 Å². The summed E-state index contributed by atoms with van der Waals surface area (Å²) in [6.07, 6.45) is 0. The van der Waals surface area contributed by atoms with Gasteiger partial charge in [0.05, 0.1) is 12.2 Å². The summed E-state index contributed by atoms with van der Waals surface area (Å²) >= 11 is 0. The van der Waals surface area contributed by atoms with Gasteiger partial charge in [0.25, 0.3) is 0 Å². The Labute approximate surface area is 106 Å². The van der Waals surface area contributed by atoms with Crippen LogP contribution in [0.2, 0.25) is 0 Å². The zero-order valence-electron chi connectivity index (χ0n) is 11.9. The van der Waals surface area contributed by atoms with E-state index >= 15 is 0 Å². The van der Waals surface area contributed by atoms with Gasteiger partial charge in [0.2, 0.25) is 0 Å². The maximum atomic E-state index is 5.75. The van der Waals surface area contributed by atoms with Gasteiger partial charge in [-0.15, -0.1) is 0 Å². The highest BCUT2D eigenvalue weighted by molar-refractivity contribution is 4.76. The molecule has 0 radical (unpaired) electrons. The minimum atomic E-state index is -0.0180. The molecule has 102 valence electrons. The zero-order valence-corrected chi connectivity index (χ0v) is 11.9. The van der Waals surface area contributed by atoms with Crippen LogP contribution in [0.3, 0.4) is 0 Å². The van der Waals surface area contributed by atoms with Gasteiger partial charge in [-0.3, -0.25) is 9.80 Å². The van der Waals surface area contributed by atoms with Crippen molar-refractivity contribution in [2.45, 2.75) is 39.3 Å². The minimum Gasteiger partial charge on any atom is -0.375 e. The minimum absolute atomic E-state index is 0.0180. The van der Waals surface area contributed by atoms with E-state index in [4.69, 9.17) is 10.5 Å². The van der Waals surface area contributed by atoms with E-state index in [1.807, 2.05) is 0 Å². The lowest BCUT2D eigenvalue weighted by Crippen LogP contribution is -2.52. The predicted octanol–water partition coefficient (Wildman–Crippen LogP) is 0.766. The van der Waals surface area contributed by atoms with Gasteiger partial charge in [-0.1, -0.05) is 0 Å². The molecule has 0 aromatic rings. The molecule has 2 N–H and O–H groups in total. The summed E-state index contributed by atoms with van der Waals surface area (Å²) in [6.45, 7) is 15.7. The topological polar surface area (TPSA) is 41.7 Å². The molecular formula is C13H29N3O. The normalized spacial score (nSPS) is 21.7. The molecular weight excluding hydrogens is 214 g/mol. The average molecular weight is 243 g/mol. The number of hydrogen-bond donors (Lipinski definition) is 1. The molecule has 1 heterocycles. The summed E-state index contributed by atoms with van der Waals surface area (Å²) in [4.78, 5) is 4.95. The Bertz CT molecular complexity index is 207. The highest BCUT2D eigenvalue weighted by atomic mass is 16.5.